The van der Waals surface area contributed by atoms with Crippen LogP contribution in [-0.4, -0.2) is 28.9 Å². The summed E-state index contributed by atoms with van der Waals surface area (Å²) in [6.45, 7) is 1.18. The molecule has 3 N–H and O–H groups in total. The first kappa shape index (κ1) is 19.0. The summed E-state index contributed by atoms with van der Waals surface area (Å²) < 4.78 is 0. The van der Waals surface area contributed by atoms with E-state index >= 15 is 0 Å². The molecule has 0 spiro atoms. The minimum Gasteiger partial charge on any atom is -0.351 e. The van der Waals surface area contributed by atoms with Gasteiger partial charge < -0.3 is 11.1 Å². The molecule has 124 valence electrons. The zero-order chi connectivity index (χ0) is 15.9. The molecule has 0 fully saturated rings. The van der Waals surface area contributed by atoms with E-state index < -0.39 is 4.92 Å². The lowest BCUT2D eigenvalue weighted by Gasteiger charge is -2.01. The fourth-order valence-corrected chi connectivity index (χ4v) is 2.60. The maximum Gasteiger partial charge on any atom is 0.270 e. The summed E-state index contributed by atoms with van der Waals surface area (Å²) in [6.07, 6.45) is 1.70. The van der Waals surface area contributed by atoms with E-state index in [0.717, 1.165) is 18.4 Å². The van der Waals surface area contributed by atoms with Gasteiger partial charge in [0, 0.05) is 29.6 Å². The third-order valence-electron chi connectivity index (χ3n) is 2.98. The van der Waals surface area contributed by atoms with Crippen molar-refractivity contribution >= 4 is 35.3 Å². The highest BCUT2D eigenvalue weighted by Crippen LogP contribution is 2.25. The highest BCUT2D eigenvalue weighted by Gasteiger charge is 2.12. The number of amides is 1. The molecular weight excluding hydrogens is 340 g/mol. The number of thiazole rings is 1. The Labute approximate surface area is 143 Å². The number of rotatable bonds is 7. The molecule has 0 saturated heterocycles. The third-order valence-corrected chi connectivity index (χ3v) is 3.87. The van der Waals surface area contributed by atoms with Gasteiger partial charge in [0.25, 0.3) is 11.6 Å². The van der Waals surface area contributed by atoms with Crippen molar-refractivity contribution in [1.82, 2.24) is 10.3 Å². The predicted octanol–water partition coefficient (Wildman–Crippen LogP) is 2.61. The summed E-state index contributed by atoms with van der Waals surface area (Å²) in [5.41, 5.74) is 6.51. The quantitative estimate of drug-likeness (QED) is 0.450. The molecule has 9 heteroatoms. The maximum atomic E-state index is 11.9. The number of benzene rings is 1. The number of carbonyl (C=O) groups is 1. The number of unbranched alkanes of at least 4 members (excludes halogenated alkanes) is 1. The topological polar surface area (TPSA) is 111 Å². The second kappa shape index (κ2) is 9.19. The van der Waals surface area contributed by atoms with E-state index in [1.165, 1.54) is 23.5 Å². The Balaban J connectivity index is 0.00000264. The molecule has 0 radical (unpaired) electrons. The number of nitro benzene ring substituents is 1. The van der Waals surface area contributed by atoms with E-state index in [4.69, 9.17) is 5.73 Å². The summed E-state index contributed by atoms with van der Waals surface area (Å²) in [5, 5.41) is 15.7. The van der Waals surface area contributed by atoms with Crippen LogP contribution in [0.1, 0.15) is 23.3 Å². The molecule has 0 atom stereocenters. The van der Waals surface area contributed by atoms with Crippen LogP contribution in [0.4, 0.5) is 5.69 Å². The summed E-state index contributed by atoms with van der Waals surface area (Å²) in [7, 11) is 0. The van der Waals surface area contributed by atoms with Gasteiger partial charge in [-0.15, -0.1) is 23.7 Å². The van der Waals surface area contributed by atoms with Gasteiger partial charge >= 0.3 is 0 Å². The van der Waals surface area contributed by atoms with Gasteiger partial charge in [0.15, 0.2) is 0 Å². The van der Waals surface area contributed by atoms with Crippen molar-refractivity contribution in [2.75, 3.05) is 13.1 Å². The number of non-ortho nitro benzene ring substituents is 1. The fourth-order valence-electron chi connectivity index (χ4n) is 1.80. The molecule has 1 amide bonds. The summed E-state index contributed by atoms with van der Waals surface area (Å²) >= 11 is 1.33. The van der Waals surface area contributed by atoms with Crippen LogP contribution < -0.4 is 11.1 Å². The largest absolute Gasteiger partial charge is 0.351 e. The number of hydrogen-bond donors (Lipinski definition) is 2. The van der Waals surface area contributed by atoms with Crippen molar-refractivity contribution in [3.63, 3.8) is 0 Å². The fraction of sp³-hybridized carbons (Fsp3) is 0.286. The molecule has 1 aromatic heterocycles. The van der Waals surface area contributed by atoms with E-state index in [1.54, 1.807) is 17.5 Å². The number of aromatic nitrogens is 1. The zero-order valence-corrected chi connectivity index (χ0v) is 13.9. The molecule has 2 rings (SSSR count). The van der Waals surface area contributed by atoms with Gasteiger partial charge in [-0.2, -0.15) is 0 Å². The van der Waals surface area contributed by atoms with E-state index in [-0.39, 0.29) is 24.0 Å². The van der Waals surface area contributed by atoms with Gasteiger partial charge in [-0.3, -0.25) is 14.9 Å². The average molecular weight is 357 g/mol. The van der Waals surface area contributed by atoms with E-state index in [0.29, 0.717) is 23.8 Å². The molecular formula is C14H17ClN4O3S. The Hall–Kier alpha value is -2.03. The zero-order valence-electron chi connectivity index (χ0n) is 12.2. The lowest BCUT2D eigenvalue weighted by atomic mass is 10.2. The minimum atomic E-state index is -0.453. The lowest BCUT2D eigenvalue weighted by molar-refractivity contribution is -0.384. The van der Waals surface area contributed by atoms with Crippen LogP contribution in [0.3, 0.4) is 0 Å². The monoisotopic (exact) mass is 356 g/mol. The lowest BCUT2D eigenvalue weighted by Crippen LogP contribution is -2.25. The van der Waals surface area contributed by atoms with Crippen LogP contribution in [0.2, 0.25) is 0 Å². The number of nitro groups is 1. The highest BCUT2D eigenvalue weighted by atomic mass is 35.5. The molecule has 0 bridgehead atoms. The number of carbonyl (C=O) groups excluding carboxylic acids is 1. The summed E-state index contributed by atoms with van der Waals surface area (Å²) in [6, 6.07) is 6.09. The molecule has 7 nitrogen and oxygen atoms in total. The van der Waals surface area contributed by atoms with Crippen molar-refractivity contribution in [3.8, 4) is 10.6 Å². The smallest absolute Gasteiger partial charge is 0.270 e. The maximum absolute atomic E-state index is 11.9. The van der Waals surface area contributed by atoms with Crippen molar-refractivity contribution in [1.29, 1.82) is 0 Å². The summed E-state index contributed by atoms with van der Waals surface area (Å²) in [5.74, 6) is -0.221. The van der Waals surface area contributed by atoms with Crippen LogP contribution in [0.5, 0.6) is 0 Å². The minimum absolute atomic E-state index is 0. The normalized spacial score (nSPS) is 9.96. The predicted molar refractivity (Wildman–Crippen MR) is 92.1 cm³/mol. The standard InChI is InChI=1S/C14H16N4O3S.ClH/c15-7-1-2-8-16-13(19)12-9-22-14(17-12)10-3-5-11(6-4-10)18(20)21;/h3-6,9H,1-2,7-8,15H2,(H,16,19);1H. The molecule has 0 aliphatic heterocycles. The van der Waals surface area contributed by atoms with Crippen molar-refractivity contribution in [2.45, 2.75) is 12.8 Å². The van der Waals surface area contributed by atoms with E-state index in [9.17, 15) is 14.9 Å². The second-order valence-electron chi connectivity index (χ2n) is 4.59. The molecule has 2 aromatic rings. The number of halogens is 1. The third kappa shape index (κ3) is 5.27. The first-order valence-electron chi connectivity index (χ1n) is 6.80. The van der Waals surface area contributed by atoms with E-state index in [2.05, 4.69) is 10.3 Å². The Kier molecular flexibility index (Phi) is 7.60. The number of nitrogens with one attached hydrogen (secondary N) is 1. The van der Waals surface area contributed by atoms with Crippen LogP contribution >= 0.6 is 23.7 Å². The Morgan fingerprint density at radius 1 is 1.30 bits per heavy atom. The van der Waals surface area contributed by atoms with E-state index in [1.807, 2.05) is 0 Å². The highest BCUT2D eigenvalue weighted by molar-refractivity contribution is 7.13. The molecule has 0 aliphatic carbocycles. The molecule has 0 unspecified atom stereocenters. The number of nitrogens with two attached hydrogens (primary N) is 1. The molecule has 1 aromatic carbocycles. The Morgan fingerprint density at radius 2 is 2.00 bits per heavy atom. The van der Waals surface area contributed by atoms with Crippen molar-refractivity contribution in [3.05, 3.63) is 45.5 Å². The molecule has 0 aliphatic rings. The molecule has 23 heavy (non-hydrogen) atoms. The van der Waals surface area contributed by atoms with Gasteiger partial charge in [-0.05, 0) is 31.5 Å². The van der Waals surface area contributed by atoms with Gasteiger partial charge in [-0.1, -0.05) is 0 Å². The van der Waals surface area contributed by atoms with Crippen LogP contribution in [-0.2, 0) is 0 Å². The first-order chi connectivity index (χ1) is 10.6. The van der Waals surface area contributed by atoms with Crippen LogP contribution in [0, 0.1) is 10.1 Å². The van der Waals surface area contributed by atoms with Gasteiger partial charge in [-0.25, -0.2) is 4.98 Å². The average Bonchev–Trinajstić information content (AvgIpc) is 3.01. The van der Waals surface area contributed by atoms with Crippen molar-refractivity contribution in [2.24, 2.45) is 5.73 Å². The Morgan fingerprint density at radius 3 is 2.61 bits per heavy atom. The van der Waals surface area contributed by atoms with Crippen LogP contribution in [0.15, 0.2) is 29.6 Å². The molecule has 0 saturated carbocycles. The first-order valence-corrected chi connectivity index (χ1v) is 7.68. The Bertz CT molecular complexity index is 660. The van der Waals surface area contributed by atoms with Gasteiger partial charge in [0.2, 0.25) is 0 Å². The van der Waals surface area contributed by atoms with Gasteiger partial charge in [0.1, 0.15) is 10.7 Å². The SMILES string of the molecule is Cl.NCCCCNC(=O)c1csc(-c2ccc([N+](=O)[O-])cc2)n1. The van der Waals surface area contributed by atoms with Crippen molar-refractivity contribution < 1.29 is 9.72 Å². The summed E-state index contributed by atoms with van der Waals surface area (Å²) in [4.78, 5) is 26.3. The number of nitrogens with zero attached hydrogens (tertiary/aromatic N) is 2. The molecule has 1 heterocycles. The van der Waals surface area contributed by atoms with Crippen LogP contribution in [0.25, 0.3) is 10.6 Å². The number of hydrogen-bond acceptors (Lipinski definition) is 6. The second-order valence-corrected chi connectivity index (χ2v) is 5.45. The van der Waals surface area contributed by atoms with Gasteiger partial charge in [0.05, 0.1) is 4.92 Å².